The number of rotatable bonds is 3. The second-order valence-corrected chi connectivity index (χ2v) is 6.06. The zero-order chi connectivity index (χ0) is 14.8. The van der Waals surface area contributed by atoms with Gasteiger partial charge in [0.15, 0.2) is 0 Å². The van der Waals surface area contributed by atoms with Gasteiger partial charge in [-0.2, -0.15) is 5.10 Å². The molecule has 3 heterocycles. The minimum Gasteiger partial charge on any atom is -0.346 e. The lowest BCUT2D eigenvalue weighted by Gasteiger charge is -2.33. The summed E-state index contributed by atoms with van der Waals surface area (Å²) < 4.78 is 1.88. The Morgan fingerprint density at radius 2 is 2.24 bits per heavy atom. The predicted molar refractivity (Wildman–Crippen MR) is 77.3 cm³/mol. The molecular formula is C15H22N4O2. The van der Waals surface area contributed by atoms with Crippen LogP contribution >= 0.6 is 0 Å². The van der Waals surface area contributed by atoms with Crippen LogP contribution in [0.2, 0.25) is 0 Å². The van der Waals surface area contributed by atoms with Gasteiger partial charge < -0.3 is 9.80 Å². The Hall–Kier alpha value is -1.85. The van der Waals surface area contributed by atoms with Crippen molar-refractivity contribution in [3.8, 4) is 0 Å². The van der Waals surface area contributed by atoms with Crippen molar-refractivity contribution in [2.24, 2.45) is 5.92 Å². The number of nitrogens with zero attached hydrogens (tertiary/aromatic N) is 4. The Morgan fingerprint density at radius 1 is 1.38 bits per heavy atom. The van der Waals surface area contributed by atoms with E-state index in [1.54, 1.807) is 18.1 Å². The maximum absolute atomic E-state index is 12.7. The summed E-state index contributed by atoms with van der Waals surface area (Å²) in [5, 5.41) is 4.23. The molecule has 2 aliphatic rings. The molecule has 2 saturated heterocycles. The summed E-state index contributed by atoms with van der Waals surface area (Å²) in [5.74, 6) is 0.112. The van der Waals surface area contributed by atoms with E-state index in [2.05, 4.69) is 5.10 Å². The first-order chi connectivity index (χ1) is 10.1. The molecule has 114 valence electrons. The second-order valence-electron chi connectivity index (χ2n) is 6.06. The number of hydrogen-bond donors (Lipinski definition) is 0. The summed E-state index contributed by atoms with van der Waals surface area (Å²) in [5.41, 5.74) is 0. The van der Waals surface area contributed by atoms with Crippen LogP contribution in [-0.2, 0) is 16.1 Å². The molecule has 21 heavy (non-hydrogen) atoms. The number of amides is 2. The van der Waals surface area contributed by atoms with Crippen LogP contribution in [0.1, 0.15) is 25.7 Å². The number of hydrogen-bond acceptors (Lipinski definition) is 3. The summed E-state index contributed by atoms with van der Waals surface area (Å²) >= 11 is 0. The highest BCUT2D eigenvalue weighted by Crippen LogP contribution is 2.26. The minimum atomic E-state index is -0.132. The van der Waals surface area contributed by atoms with Gasteiger partial charge in [-0.1, -0.05) is 0 Å². The van der Waals surface area contributed by atoms with Crippen molar-refractivity contribution in [2.75, 3.05) is 20.1 Å². The van der Waals surface area contributed by atoms with Gasteiger partial charge in [0.1, 0.15) is 0 Å². The zero-order valence-electron chi connectivity index (χ0n) is 12.4. The molecule has 0 radical (unpaired) electrons. The van der Waals surface area contributed by atoms with Gasteiger partial charge >= 0.3 is 0 Å². The van der Waals surface area contributed by atoms with Crippen LogP contribution in [0.4, 0.5) is 0 Å². The van der Waals surface area contributed by atoms with Gasteiger partial charge in [-0.05, 0) is 25.3 Å². The van der Waals surface area contributed by atoms with Crippen LogP contribution in [0.3, 0.4) is 0 Å². The van der Waals surface area contributed by atoms with Gasteiger partial charge in [-0.3, -0.25) is 14.3 Å². The zero-order valence-corrected chi connectivity index (χ0v) is 12.4. The van der Waals surface area contributed by atoms with E-state index in [0.29, 0.717) is 13.0 Å². The summed E-state index contributed by atoms with van der Waals surface area (Å²) in [7, 11) is 1.80. The number of carbonyl (C=O) groups is 2. The van der Waals surface area contributed by atoms with E-state index in [0.717, 1.165) is 32.4 Å². The van der Waals surface area contributed by atoms with E-state index < -0.39 is 0 Å². The van der Waals surface area contributed by atoms with Crippen molar-refractivity contribution in [1.29, 1.82) is 0 Å². The van der Waals surface area contributed by atoms with Crippen molar-refractivity contribution in [3.63, 3.8) is 0 Å². The van der Waals surface area contributed by atoms with E-state index in [4.69, 9.17) is 0 Å². The largest absolute Gasteiger partial charge is 0.346 e. The smallest absolute Gasteiger partial charge is 0.226 e. The highest BCUT2D eigenvalue weighted by atomic mass is 16.2. The van der Waals surface area contributed by atoms with Crippen LogP contribution < -0.4 is 0 Å². The number of carbonyl (C=O) groups excluding carboxylic acids is 2. The monoisotopic (exact) mass is 290 g/mol. The van der Waals surface area contributed by atoms with E-state index in [1.165, 1.54) is 0 Å². The first-order valence-electron chi connectivity index (χ1n) is 7.67. The molecule has 0 aliphatic carbocycles. The molecule has 0 saturated carbocycles. The standard InChI is InChI=1S/C15H22N4O2/c1-17-9-5-12(10-14(17)20)15(21)19-8-2-4-13(19)11-18-7-3-6-16-18/h3,6-7,12-13H,2,4-5,8-11H2,1H3. The third-order valence-corrected chi connectivity index (χ3v) is 4.63. The van der Waals surface area contributed by atoms with Gasteiger partial charge in [0, 0.05) is 44.9 Å². The minimum absolute atomic E-state index is 0.0856. The quantitative estimate of drug-likeness (QED) is 0.825. The van der Waals surface area contributed by atoms with Crippen molar-refractivity contribution >= 4 is 11.8 Å². The van der Waals surface area contributed by atoms with Crippen LogP contribution in [-0.4, -0.2) is 57.6 Å². The maximum Gasteiger partial charge on any atom is 0.226 e. The van der Waals surface area contributed by atoms with Gasteiger partial charge in [0.05, 0.1) is 12.6 Å². The number of aromatic nitrogens is 2. The van der Waals surface area contributed by atoms with Gasteiger partial charge in [0.25, 0.3) is 0 Å². The Morgan fingerprint density at radius 3 is 2.95 bits per heavy atom. The van der Waals surface area contributed by atoms with Crippen LogP contribution in [0, 0.1) is 5.92 Å². The van der Waals surface area contributed by atoms with Gasteiger partial charge in [0.2, 0.25) is 11.8 Å². The lowest BCUT2D eigenvalue weighted by atomic mass is 9.94. The topological polar surface area (TPSA) is 58.4 Å². The summed E-state index contributed by atoms with van der Waals surface area (Å²) in [6, 6.07) is 2.11. The lowest BCUT2D eigenvalue weighted by molar-refractivity contribution is -0.145. The normalized spacial score (nSPS) is 26.4. The third kappa shape index (κ3) is 2.94. The molecule has 6 nitrogen and oxygen atoms in total. The molecule has 3 rings (SSSR count). The molecule has 0 spiro atoms. The lowest BCUT2D eigenvalue weighted by Crippen LogP contribution is -2.46. The molecule has 2 amide bonds. The molecule has 1 aromatic rings. The molecule has 0 bridgehead atoms. The van der Waals surface area contributed by atoms with Gasteiger partial charge in [-0.15, -0.1) is 0 Å². The predicted octanol–water partition coefficient (Wildman–Crippen LogP) is 0.742. The Kier molecular flexibility index (Phi) is 3.94. The van der Waals surface area contributed by atoms with E-state index >= 15 is 0 Å². The molecule has 2 aliphatic heterocycles. The molecule has 2 fully saturated rings. The number of piperidine rings is 1. The molecule has 0 aromatic carbocycles. The first-order valence-corrected chi connectivity index (χ1v) is 7.67. The van der Waals surface area contributed by atoms with Crippen molar-refractivity contribution < 1.29 is 9.59 Å². The fraction of sp³-hybridized carbons (Fsp3) is 0.667. The van der Waals surface area contributed by atoms with Gasteiger partial charge in [-0.25, -0.2) is 0 Å². The van der Waals surface area contributed by atoms with E-state index in [1.807, 2.05) is 21.8 Å². The summed E-state index contributed by atoms with van der Waals surface area (Å²) in [4.78, 5) is 28.2. The summed E-state index contributed by atoms with van der Waals surface area (Å²) in [6.07, 6.45) is 6.90. The molecule has 1 aromatic heterocycles. The van der Waals surface area contributed by atoms with Crippen molar-refractivity contribution in [1.82, 2.24) is 19.6 Å². The SMILES string of the molecule is CN1CCC(C(=O)N2CCCC2Cn2cccn2)CC1=O. The van der Waals surface area contributed by atoms with Crippen LogP contribution in [0.5, 0.6) is 0 Å². The highest BCUT2D eigenvalue weighted by Gasteiger charge is 2.36. The third-order valence-electron chi connectivity index (χ3n) is 4.63. The highest BCUT2D eigenvalue weighted by molar-refractivity contribution is 5.87. The fourth-order valence-electron chi connectivity index (χ4n) is 3.33. The molecule has 2 unspecified atom stereocenters. The first kappa shape index (κ1) is 14.1. The van der Waals surface area contributed by atoms with Crippen molar-refractivity contribution in [3.05, 3.63) is 18.5 Å². The van der Waals surface area contributed by atoms with Crippen LogP contribution in [0.15, 0.2) is 18.5 Å². The van der Waals surface area contributed by atoms with Crippen LogP contribution in [0.25, 0.3) is 0 Å². The van der Waals surface area contributed by atoms with E-state index in [-0.39, 0.29) is 23.8 Å². The van der Waals surface area contributed by atoms with E-state index in [9.17, 15) is 9.59 Å². The average Bonchev–Trinajstić information content (AvgIpc) is 3.13. The molecular weight excluding hydrogens is 268 g/mol. The molecule has 0 N–H and O–H groups in total. The Balaban J connectivity index is 1.64. The molecule has 2 atom stereocenters. The number of likely N-dealkylation sites (tertiary alicyclic amines) is 2. The van der Waals surface area contributed by atoms with Crippen molar-refractivity contribution in [2.45, 2.75) is 38.3 Å². The molecule has 6 heteroatoms. The summed E-state index contributed by atoms with van der Waals surface area (Å²) in [6.45, 7) is 2.25. The fourth-order valence-corrected chi connectivity index (χ4v) is 3.33. The Labute approximate surface area is 124 Å². The average molecular weight is 290 g/mol. The second kappa shape index (κ2) is 5.87. The Bertz CT molecular complexity index is 514. The maximum atomic E-state index is 12.7.